The Morgan fingerprint density at radius 1 is 1.32 bits per heavy atom. The number of aromatic nitrogens is 1. The Hall–Kier alpha value is -2.62. The SMILES string of the molecule is C=C(CCc1ccc(OC)cc1)C(NC(=O)c1cccnc1)C1CC1. The highest BCUT2D eigenvalue weighted by Gasteiger charge is 2.34. The number of pyridine rings is 1. The summed E-state index contributed by atoms with van der Waals surface area (Å²) in [6.45, 7) is 4.26. The maximum absolute atomic E-state index is 12.4. The first-order valence-electron chi connectivity index (χ1n) is 8.69. The van der Waals surface area contributed by atoms with E-state index in [1.165, 1.54) is 5.56 Å². The zero-order valence-corrected chi connectivity index (χ0v) is 14.6. The molecule has 0 bridgehead atoms. The standard InChI is InChI=1S/C21H24N2O2/c1-15(5-6-16-7-11-19(25-2)12-8-16)20(17-9-10-17)23-21(24)18-4-3-13-22-14-18/h3-4,7-8,11-14,17,20H,1,5-6,9-10H2,2H3,(H,23,24). The van der Waals surface area contributed by atoms with E-state index < -0.39 is 0 Å². The first-order valence-corrected chi connectivity index (χ1v) is 8.69. The zero-order valence-electron chi connectivity index (χ0n) is 14.6. The Balaban J connectivity index is 1.58. The molecule has 1 aromatic heterocycles. The molecule has 1 heterocycles. The van der Waals surface area contributed by atoms with Gasteiger partial charge in [0.15, 0.2) is 0 Å². The second-order valence-electron chi connectivity index (χ2n) is 6.54. The highest BCUT2D eigenvalue weighted by Crippen LogP contribution is 2.36. The van der Waals surface area contributed by atoms with Crippen LogP contribution in [0.5, 0.6) is 5.75 Å². The fourth-order valence-corrected chi connectivity index (χ4v) is 2.96. The molecule has 3 rings (SSSR count). The lowest BCUT2D eigenvalue weighted by Gasteiger charge is -2.21. The maximum atomic E-state index is 12.4. The Bertz CT molecular complexity index is 721. The summed E-state index contributed by atoms with van der Waals surface area (Å²) < 4.78 is 5.19. The molecular formula is C21H24N2O2. The van der Waals surface area contributed by atoms with E-state index in [9.17, 15) is 4.79 Å². The topological polar surface area (TPSA) is 51.2 Å². The van der Waals surface area contributed by atoms with Gasteiger partial charge >= 0.3 is 0 Å². The van der Waals surface area contributed by atoms with Gasteiger partial charge in [0, 0.05) is 12.4 Å². The van der Waals surface area contributed by atoms with Gasteiger partial charge in [0.1, 0.15) is 5.75 Å². The van der Waals surface area contributed by atoms with Crippen molar-refractivity contribution >= 4 is 5.91 Å². The number of methoxy groups -OCH3 is 1. The molecule has 1 saturated carbocycles. The van der Waals surface area contributed by atoms with Crippen molar-refractivity contribution < 1.29 is 9.53 Å². The largest absolute Gasteiger partial charge is 0.497 e. The van der Waals surface area contributed by atoms with Gasteiger partial charge in [-0.15, -0.1) is 0 Å². The molecule has 0 saturated heterocycles. The van der Waals surface area contributed by atoms with Crippen molar-refractivity contribution in [3.63, 3.8) is 0 Å². The Morgan fingerprint density at radius 2 is 2.08 bits per heavy atom. The van der Waals surface area contributed by atoms with Crippen molar-refractivity contribution in [3.8, 4) is 5.75 Å². The fourth-order valence-electron chi connectivity index (χ4n) is 2.96. The fraction of sp³-hybridized carbons (Fsp3) is 0.333. The van der Waals surface area contributed by atoms with Gasteiger partial charge in [-0.2, -0.15) is 0 Å². The summed E-state index contributed by atoms with van der Waals surface area (Å²) >= 11 is 0. The monoisotopic (exact) mass is 336 g/mol. The molecule has 2 aromatic rings. The average molecular weight is 336 g/mol. The highest BCUT2D eigenvalue weighted by atomic mass is 16.5. The number of aryl methyl sites for hydroxylation is 1. The lowest BCUT2D eigenvalue weighted by atomic mass is 9.96. The van der Waals surface area contributed by atoms with Crippen LogP contribution in [0, 0.1) is 5.92 Å². The second-order valence-corrected chi connectivity index (χ2v) is 6.54. The number of carbonyl (C=O) groups excluding carboxylic acids is 1. The molecule has 1 aromatic carbocycles. The van der Waals surface area contributed by atoms with E-state index in [1.54, 1.807) is 31.6 Å². The van der Waals surface area contributed by atoms with E-state index in [-0.39, 0.29) is 11.9 Å². The van der Waals surface area contributed by atoms with Crippen LogP contribution in [0.4, 0.5) is 0 Å². The molecule has 0 spiro atoms. The minimum atomic E-state index is -0.0735. The van der Waals surface area contributed by atoms with Crippen LogP contribution in [0.25, 0.3) is 0 Å². The van der Waals surface area contributed by atoms with Crippen LogP contribution in [0.15, 0.2) is 60.9 Å². The highest BCUT2D eigenvalue weighted by molar-refractivity contribution is 5.94. The molecule has 130 valence electrons. The van der Waals surface area contributed by atoms with Gasteiger partial charge in [-0.1, -0.05) is 24.3 Å². The lowest BCUT2D eigenvalue weighted by Crippen LogP contribution is -2.37. The molecule has 1 aliphatic rings. The number of amides is 1. The van der Waals surface area contributed by atoms with Crippen LogP contribution in [0.3, 0.4) is 0 Å². The lowest BCUT2D eigenvalue weighted by molar-refractivity contribution is 0.0937. The first-order chi connectivity index (χ1) is 12.2. The minimum absolute atomic E-state index is 0.0472. The van der Waals surface area contributed by atoms with Gasteiger partial charge in [-0.25, -0.2) is 0 Å². The van der Waals surface area contributed by atoms with Crippen molar-refractivity contribution in [1.82, 2.24) is 10.3 Å². The Morgan fingerprint density at radius 3 is 2.68 bits per heavy atom. The molecule has 1 unspecified atom stereocenters. The van der Waals surface area contributed by atoms with Crippen LogP contribution in [0.2, 0.25) is 0 Å². The number of nitrogens with zero attached hydrogens (tertiary/aromatic N) is 1. The van der Waals surface area contributed by atoms with Crippen molar-refractivity contribution in [3.05, 3.63) is 72.1 Å². The van der Waals surface area contributed by atoms with E-state index >= 15 is 0 Å². The molecule has 1 amide bonds. The van der Waals surface area contributed by atoms with Crippen molar-refractivity contribution in [2.45, 2.75) is 31.7 Å². The third-order valence-electron chi connectivity index (χ3n) is 4.64. The normalized spacial score (nSPS) is 14.6. The number of hydrogen-bond donors (Lipinski definition) is 1. The zero-order chi connectivity index (χ0) is 17.6. The molecule has 1 aliphatic carbocycles. The Kier molecular flexibility index (Phi) is 5.49. The van der Waals surface area contributed by atoms with Gasteiger partial charge in [0.25, 0.3) is 5.91 Å². The second kappa shape index (κ2) is 7.97. The van der Waals surface area contributed by atoms with Crippen molar-refractivity contribution in [2.75, 3.05) is 7.11 Å². The molecule has 4 nitrogen and oxygen atoms in total. The first kappa shape index (κ1) is 17.2. The molecular weight excluding hydrogens is 312 g/mol. The molecule has 1 fully saturated rings. The van der Waals surface area contributed by atoms with Crippen molar-refractivity contribution in [1.29, 1.82) is 0 Å². The van der Waals surface area contributed by atoms with E-state index in [1.807, 2.05) is 12.1 Å². The molecule has 0 radical (unpaired) electrons. The summed E-state index contributed by atoms with van der Waals surface area (Å²) in [5.74, 6) is 1.31. The summed E-state index contributed by atoms with van der Waals surface area (Å²) in [5.41, 5.74) is 2.93. The third kappa shape index (κ3) is 4.69. The Labute approximate surface area is 148 Å². The molecule has 1 N–H and O–H groups in total. The van der Waals surface area contributed by atoms with Gasteiger partial charge in [0.2, 0.25) is 0 Å². The summed E-state index contributed by atoms with van der Waals surface area (Å²) in [7, 11) is 1.67. The number of hydrogen-bond acceptors (Lipinski definition) is 3. The van der Waals surface area contributed by atoms with Gasteiger partial charge in [-0.3, -0.25) is 9.78 Å². The van der Waals surface area contributed by atoms with Crippen LogP contribution >= 0.6 is 0 Å². The van der Waals surface area contributed by atoms with Crippen LogP contribution in [-0.2, 0) is 6.42 Å². The summed E-state index contributed by atoms with van der Waals surface area (Å²) in [6.07, 6.45) is 7.34. The number of carbonyl (C=O) groups is 1. The smallest absolute Gasteiger partial charge is 0.253 e. The van der Waals surface area contributed by atoms with Crippen LogP contribution < -0.4 is 10.1 Å². The maximum Gasteiger partial charge on any atom is 0.253 e. The summed E-state index contributed by atoms with van der Waals surface area (Å²) in [4.78, 5) is 16.4. The predicted octanol–water partition coefficient (Wildman–Crippen LogP) is 3.79. The van der Waals surface area contributed by atoms with E-state index in [4.69, 9.17) is 4.74 Å². The quantitative estimate of drug-likeness (QED) is 0.746. The third-order valence-corrected chi connectivity index (χ3v) is 4.64. The number of benzene rings is 1. The molecule has 4 heteroatoms. The van der Waals surface area contributed by atoms with E-state index in [2.05, 4.69) is 29.0 Å². The van der Waals surface area contributed by atoms with Gasteiger partial charge < -0.3 is 10.1 Å². The van der Waals surface area contributed by atoms with Crippen molar-refractivity contribution in [2.24, 2.45) is 5.92 Å². The molecule has 0 aliphatic heterocycles. The minimum Gasteiger partial charge on any atom is -0.497 e. The van der Waals surface area contributed by atoms with Gasteiger partial charge in [0.05, 0.1) is 18.7 Å². The van der Waals surface area contributed by atoms with E-state index in [0.29, 0.717) is 11.5 Å². The van der Waals surface area contributed by atoms with Crippen LogP contribution in [0.1, 0.15) is 35.2 Å². The average Bonchev–Trinajstić information content (AvgIpc) is 3.50. The number of nitrogens with one attached hydrogen (secondary N) is 1. The molecule has 1 atom stereocenters. The summed E-state index contributed by atoms with van der Waals surface area (Å²) in [6, 6.07) is 11.7. The van der Waals surface area contributed by atoms with Gasteiger partial charge in [-0.05, 0) is 61.4 Å². The summed E-state index contributed by atoms with van der Waals surface area (Å²) in [5, 5.41) is 3.15. The number of rotatable bonds is 8. The predicted molar refractivity (Wildman–Crippen MR) is 98.7 cm³/mol. The molecule has 25 heavy (non-hydrogen) atoms. The van der Waals surface area contributed by atoms with E-state index in [0.717, 1.165) is 37.0 Å². The number of ether oxygens (including phenoxy) is 1. The van der Waals surface area contributed by atoms with Crippen LogP contribution in [-0.4, -0.2) is 24.0 Å².